The van der Waals surface area contributed by atoms with Crippen LogP contribution in [-0.2, 0) is 14.3 Å². The molecule has 7 heteroatoms. The Balaban J connectivity index is 1.93. The molecule has 0 saturated carbocycles. The van der Waals surface area contributed by atoms with Crippen molar-refractivity contribution in [3.8, 4) is 5.88 Å². The van der Waals surface area contributed by atoms with Gasteiger partial charge in [-0.05, 0) is 31.3 Å². The highest BCUT2D eigenvalue weighted by Gasteiger charge is 2.32. The Bertz CT molecular complexity index is 485. The van der Waals surface area contributed by atoms with Gasteiger partial charge in [-0.25, -0.2) is 4.79 Å². The zero-order valence-electron chi connectivity index (χ0n) is 11.6. The third kappa shape index (κ3) is 3.28. The molecule has 110 valence electrons. The molecule has 1 fully saturated rings. The van der Waals surface area contributed by atoms with E-state index >= 15 is 0 Å². The first-order chi connectivity index (χ1) is 9.61. The first kappa shape index (κ1) is 14.4. The molecular formula is C13H18N2O5. The molecule has 1 saturated heterocycles. The topological polar surface area (TPSA) is 81.9 Å². The van der Waals surface area contributed by atoms with Crippen molar-refractivity contribution in [1.29, 1.82) is 0 Å². The van der Waals surface area contributed by atoms with Gasteiger partial charge in [-0.1, -0.05) is 0 Å². The standard InChI is InChI=1S/C13H18N2O5/c1-9-7-11(14-20-9)19-8-12(16)15-6-4-3-5-10(15)13(17)18-2/h7,10H,3-6,8H2,1-2H3. The smallest absolute Gasteiger partial charge is 0.328 e. The number of likely N-dealkylation sites (tertiary alicyclic amines) is 1. The summed E-state index contributed by atoms with van der Waals surface area (Å²) in [6, 6.07) is 1.09. The molecule has 1 aliphatic rings. The van der Waals surface area contributed by atoms with E-state index in [2.05, 4.69) is 5.16 Å². The summed E-state index contributed by atoms with van der Waals surface area (Å²) in [5.41, 5.74) is 0. The second kappa shape index (κ2) is 6.40. The Morgan fingerprint density at radius 1 is 1.50 bits per heavy atom. The maximum absolute atomic E-state index is 12.1. The number of carbonyl (C=O) groups excluding carboxylic acids is 2. The highest BCUT2D eigenvalue weighted by atomic mass is 16.5. The number of hydrogen-bond acceptors (Lipinski definition) is 6. The van der Waals surface area contributed by atoms with Crippen LogP contribution < -0.4 is 4.74 Å². The number of piperidine rings is 1. The highest BCUT2D eigenvalue weighted by Crippen LogP contribution is 2.18. The Hall–Kier alpha value is -2.05. The maximum Gasteiger partial charge on any atom is 0.328 e. The summed E-state index contributed by atoms with van der Waals surface area (Å²) in [6.07, 6.45) is 2.41. The molecule has 1 aliphatic heterocycles. The van der Waals surface area contributed by atoms with Gasteiger partial charge < -0.3 is 18.9 Å². The molecule has 0 radical (unpaired) electrons. The van der Waals surface area contributed by atoms with E-state index in [9.17, 15) is 9.59 Å². The summed E-state index contributed by atoms with van der Waals surface area (Å²) in [5, 5.41) is 3.64. The summed E-state index contributed by atoms with van der Waals surface area (Å²) in [7, 11) is 1.33. The van der Waals surface area contributed by atoms with E-state index < -0.39 is 6.04 Å². The summed E-state index contributed by atoms with van der Waals surface area (Å²) >= 11 is 0. The second-order valence-electron chi connectivity index (χ2n) is 4.69. The zero-order chi connectivity index (χ0) is 14.5. The minimum Gasteiger partial charge on any atom is -0.467 e. The molecule has 1 amide bonds. The van der Waals surface area contributed by atoms with Gasteiger partial charge in [0, 0.05) is 12.6 Å². The number of esters is 1. The number of carbonyl (C=O) groups is 2. The fourth-order valence-corrected chi connectivity index (χ4v) is 2.24. The van der Waals surface area contributed by atoms with Crippen molar-refractivity contribution < 1.29 is 23.6 Å². The molecule has 1 aromatic heterocycles. The molecule has 1 atom stereocenters. The number of ether oxygens (including phenoxy) is 2. The highest BCUT2D eigenvalue weighted by molar-refractivity contribution is 5.85. The molecule has 0 N–H and O–H groups in total. The Kier molecular flexibility index (Phi) is 4.60. The summed E-state index contributed by atoms with van der Waals surface area (Å²) in [4.78, 5) is 25.3. The molecule has 1 unspecified atom stereocenters. The molecule has 1 aromatic rings. The lowest BCUT2D eigenvalue weighted by Gasteiger charge is -2.33. The monoisotopic (exact) mass is 282 g/mol. The van der Waals surface area contributed by atoms with Crippen molar-refractivity contribution in [3.63, 3.8) is 0 Å². The van der Waals surface area contributed by atoms with Crippen molar-refractivity contribution in [1.82, 2.24) is 10.1 Å². The van der Waals surface area contributed by atoms with Crippen molar-refractivity contribution in [2.24, 2.45) is 0 Å². The van der Waals surface area contributed by atoms with Crippen LogP contribution in [0.3, 0.4) is 0 Å². The number of methoxy groups -OCH3 is 1. The van der Waals surface area contributed by atoms with Crippen molar-refractivity contribution in [3.05, 3.63) is 11.8 Å². The van der Waals surface area contributed by atoms with E-state index in [4.69, 9.17) is 14.0 Å². The number of aromatic nitrogens is 1. The lowest BCUT2D eigenvalue weighted by Crippen LogP contribution is -2.50. The molecule has 2 heterocycles. The predicted molar refractivity (Wildman–Crippen MR) is 68.1 cm³/mol. The summed E-state index contributed by atoms with van der Waals surface area (Å²) in [5.74, 6) is 0.247. The lowest BCUT2D eigenvalue weighted by molar-refractivity contribution is -0.155. The molecule has 0 aliphatic carbocycles. The third-order valence-electron chi connectivity index (χ3n) is 3.25. The fraction of sp³-hybridized carbons (Fsp3) is 0.615. The van der Waals surface area contributed by atoms with Gasteiger partial charge in [-0.2, -0.15) is 0 Å². The predicted octanol–water partition coefficient (Wildman–Crippen LogP) is 0.916. The molecule has 0 spiro atoms. The molecule has 7 nitrogen and oxygen atoms in total. The maximum atomic E-state index is 12.1. The number of nitrogens with zero attached hydrogens (tertiary/aromatic N) is 2. The molecule has 0 bridgehead atoms. The Labute approximate surface area is 116 Å². The van der Waals surface area contributed by atoms with Crippen LogP contribution in [0.5, 0.6) is 5.88 Å². The van der Waals surface area contributed by atoms with Crippen LogP contribution in [0, 0.1) is 6.92 Å². The van der Waals surface area contributed by atoms with Gasteiger partial charge in [-0.3, -0.25) is 4.79 Å². The molecular weight excluding hydrogens is 264 g/mol. The van der Waals surface area contributed by atoms with Crippen molar-refractivity contribution in [2.45, 2.75) is 32.2 Å². The van der Waals surface area contributed by atoms with Gasteiger partial charge in [0.2, 0.25) is 0 Å². The molecule has 0 aromatic carbocycles. The van der Waals surface area contributed by atoms with E-state index in [1.807, 2.05) is 0 Å². The normalized spacial score (nSPS) is 18.7. The van der Waals surface area contributed by atoms with Crippen LogP contribution in [0.2, 0.25) is 0 Å². The zero-order valence-corrected chi connectivity index (χ0v) is 11.6. The average Bonchev–Trinajstić information content (AvgIpc) is 2.89. The van der Waals surface area contributed by atoms with Gasteiger partial charge >= 0.3 is 5.97 Å². The first-order valence-electron chi connectivity index (χ1n) is 6.55. The Morgan fingerprint density at radius 3 is 2.95 bits per heavy atom. The molecule has 20 heavy (non-hydrogen) atoms. The number of aryl methyl sites for hydroxylation is 1. The number of rotatable bonds is 4. The largest absolute Gasteiger partial charge is 0.467 e. The fourth-order valence-electron chi connectivity index (χ4n) is 2.24. The summed E-state index contributed by atoms with van der Waals surface area (Å²) < 4.78 is 14.8. The SMILES string of the molecule is COC(=O)C1CCCCN1C(=O)COc1cc(C)on1. The van der Waals surface area contributed by atoms with Crippen LogP contribution in [0.1, 0.15) is 25.0 Å². The average molecular weight is 282 g/mol. The number of hydrogen-bond donors (Lipinski definition) is 0. The van der Waals surface area contributed by atoms with E-state index in [1.165, 1.54) is 12.0 Å². The van der Waals surface area contributed by atoms with Crippen molar-refractivity contribution >= 4 is 11.9 Å². The Morgan fingerprint density at radius 2 is 2.30 bits per heavy atom. The van der Waals surface area contributed by atoms with Gasteiger partial charge in [0.25, 0.3) is 11.8 Å². The lowest BCUT2D eigenvalue weighted by atomic mass is 10.0. The van der Waals surface area contributed by atoms with E-state index in [1.54, 1.807) is 13.0 Å². The van der Waals surface area contributed by atoms with Gasteiger partial charge in [-0.15, -0.1) is 0 Å². The minimum absolute atomic E-state index is 0.167. The van der Waals surface area contributed by atoms with Gasteiger partial charge in [0.1, 0.15) is 11.8 Å². The summed E-state index contributed by atoms with van der Waals surface area (Å²) in [6.45, 7) is 2.11. The van der Waals surface area contributed by atoms with E-state index in [0.717, 1.165) is 12.8 Å². The van der Waals surface area contributed by atoms with Crippen LogP contribution in [0.25, 0.3) is 0 Å². The number of amides is 1. The third-order valence-corrected chi connectivity index (χ3v) is 3.25. The van der Waals surface area contributed by atoms with Gasteiger partial charge in [0.15, 0.2) is 6.61 Å². The first-order valence-corrected chi connectivity index (χ1v) is 6.55. The second-order valence-corrected chi connectivity index (χ2v) is 4.69. The van der Waals surface area contributed by atoms with E-state index in [-0.39, 0.29) is 24.4 Å². The molecule has 2 rings (SSSR count). The van der Waals surface area contributed by atoms with E-state index in [0.29, 0.717) is 18.7 Å². The quantitative estimate of drug-likeness (QED) is 0.764. The van der Waals surface area contributed by atoms with Crippen LogP contribution in [-0.4, -0.2) is 48.2 Å². The van der Waals surface area contributed by atoms with Crippen molar-refractivity contribution in [2.75, 3.05) is 20.3 Å². The van der Waals surface area contributed by atoms with Crippen LogP contribution in [0.15, 0.2) is 10.6 Å². The minimum atomic E-state index is -0.510. The van der Waals surface area contributed by atoms with Crippen LogP contribution in [0.4, 0.5) is 0 Å². The van der Waals surface area contributed by atoms with Crippen LogP contribution >= 0.6 is 0 Å². The van der Waals surface area contributed by atoms with Gasteiger partial charge in [0.05, 0.1) is 7.11 Å².